The number of halogens is 1. The molecule has 0 fully saturated rings. The molecule has 0 saturated heterocycles. The Labute approximate surface area is 145 Å². The van der Waals surface area contributed by atoms with Crippen molar-refractivity contribution >= 4 is 45.0 Å². The maximum atomic E-state index is 11.3. The molecule has 0 bridgehead atoms. The van der Waals surface area contributed by atoms with Gasteiger partial charge in [-0.2, -0.15) is 0 Å². The van der Waals surface area contributed by atoms with Crippen LogP contribution >= 0.6 is 11.6 Å². The zero-order valence-corrected chi connectivity index (χ0v) is 15.3. The molecule has 0 saturated carbocycles. The van der Waals surface area contributed by atoms with E-state index in [1.807, 2.05) is 48.5 Å². The molecule has 0 aliphatic carbocycles. The van der Waals surface area contributed by atoms with Crippen molar-refractivity contribution in [2.75, 3.05) is 14.2 Å². The average Bonchev–Trinajstić information content (AvgIpc) is 2.54. The molecule has 3 nitrogen and oxygen atoms in total. The Bertz CT molecular complexity index is 661. The molecule has 2 rings (SSSR count). The second-order valence-corrected chi connectivity index (χ2v) is 7.89. The van der Waals surface area contributed by atoms with Gasteiger partial charge in [-0.05, 0) is 0 Å². The zero-order chi connectivity index (χ0) is 15.9. The van der Waals surface area contributed by atoms with Crippen LogP contribution in [0.25, 0.3) is 3.62 Å². The Hall–Kier alpha value is -1.47. The molecule has 114 valence electrons. The van der Waals surface area contributed by atoms with Crippen molar-refractivity contribution in [1.29, 1.82) is 0 Å². The molecule has 0 aromatic heterocycles. The second-order valence-electron chi connectivity index (χ2n) is 4.33. The van der Waals surface area contributed by atoms with Crippen molar-refractivity contribution in [2.45, 2.75) is 0 Å². The van der Waals surface area contributed by atoms with Gasteiger partial charge in [-0.1, -0.05) is 0 Å². The van der Waals surface area contributed by atoms with Crippen molar-refractivity contribution in [3.63, 3.8) is 0 Å². The van der Waals surface area contributed by atoms with Gasteiger partial charge < -0.3 is 0 Å². The Morgan fingerprint density at radius 1 is 1.05 bits per heavy atom. The summed E-state index contributed by atoms with van der Waals surface area (Å²) in [5, 5.41) is -0.459. The van der Waals surface area contributed by atoms with Gasteiger partial charge in [0.15, 0.2) is 0 Å². The first-order valence-corrected chi connectivity index (χ1v) is 9.20. The molecule has 2 aromatic rings. The topological polar surface area (TPSA) is 35.5 Å². The van der Waals surface area contributed by atoms with Crippen LogP contribution in [0.4, 0.5) is 0 Å². The molecule has 22 heavy (non-hydrogen) atoms. The predicted molar refractivity (Wildman–Crippen MR) is 90.2 cm³/mol. The summed E-state index contributed by atoms with van der Waals surface area (Å²) in [4.78, 5) is 11.3. The van der Waals surface area contributed by atoms with E-state index < -0.39 is 26.2 Å². The van der Waals surface area contributed by atoms with Gasteiger partial charge in [-0.15, -0.1) is 0 Å². The summed E-state index contributed by atoms with van der Waals surface area (Å²) < 4.78 is 12.7. The van der Waals surface area contributed by atoms with Crippen LogP contribution in [0.2, 0.25) is 0 Å². The Morgan fingerprint density at radius 2 is 1.64 bits per heavy atom. The van der Waals surface area contributed by atoms with Crippen LogP contribution in [0, 0.1) is 0 Å². The second kappa shape index (κ2) is 8.24. The third-order valence-electron chi connectivity index (χ3n) is 2.86. The van der Waals surface area contributed by atoms with Crippen LogP contribution in [0.5, 0.6) is 11.5 Å². The number of allylic oxidation sites excluding steroid dienone is 1. The summed E-state index contributed by atoms with van der Waals surface area (Å²) >= 11 is 4.75. The maximum absolute atomic E-state index is 11.3. The van der Waals surface area contributed by atoms with Crippen molar-refractivity contribution in [3.05, 3.63) is 60.2 Å². The van der Waals surface area contributed by atoms with Crippen LogP contribution in [0.3, 0.4) is 0 Å². The molecule has 0 aliphatic heterocycles. The quantitative estimate of drug-likeness (QED) is 0.402. The van der Waals surface area contributed by atoms with Gasteiger partial charge in [0.05, 0.1) is 0 Å². The van der Waals surface area contributed by atoms with E-state index in [0.717, 1.165) is 24.3 Å². The number of rotatable bonds is 6. The molecule has 2 aromatic carbocycles. The summed E-state index contributed by atoms with van der Waals surface area (Å²) in [5.41, 5.74) is 1.01. The monoisotopic (exact) mass is 432 g/mol. The number of carbonyl (C=O) groups is 1. The van der Waals surface area contributed by atoms with Crippen LogP contribution in [-0.4, -0.2) is 40.4 Å². The summed E-state index contributed by atoms with van der Waals surface area (Å²) in [7, 11) is 3.24. The molecule has 0 amide bonds. The third kappa shape index (κ3) is 4.78. The Kier molecular flexibility index (Phi) is 6.33. The molecule has 0 aliphatic rings. The van der Waals surface area contributed by atoms with E-state index in [9.17, 15) is 4.79 Å². The summed E-state index contributed by atoms with van der Waals surface area (Å²) in [6.45, 7) is 0. The number of ether oxygens (including phenoxy) is 2. The minimum atomic E-state index is -0.811. The van der Waals surface area contributed by atoms with E-state index in [1.165, 1.54) is 6.08 Å². The van der Waals surface area contributed by atoms with Crippen molar-refractivity contribution in [2.24, 2.45) is 0 Å². The van der Waals surface area contributed by atoms with E-state index in [2.05, 4.69) is 0 Å². The average molecular weight is 430 g/mol. The van der Waals surface area contributed by atoms with Crippen molar-refractivity contribution in [1.82, 2.24) is 0 Å². The van der Waals surface area contributed by atoms with Crippen LogP contribution in [-0.2, 0) is 4.79 Å². The molecule has 0 unspecified atom stereocenters. The van der Waals surface area contributed by atoms with E-state index in [-0.39, 0.29) is 0 Å². The van der Waals surface area contributed by atoms with Gasteiger partial charge in [0.1, 0.15) is 0 Å². The van der Waals surface area contributed by atoms with Crippen LogP contribution in [0.15, 0.2) is 54.6 Å². The molecule has 0 atom stereocenters. The first-order valence-electron chi connectivity index (χ1n) is 6.50. The molecule has 0 radical (unpaired) electrons. The predicted octanol–water partition coefficient (Wildman–Crippen LogP) is 2.84. The first-order chi connectivity index (χ1) is 10.6. The normalized spacial score (nSPS) is 11.1. The van der Waals surface area contributed by atoms with Crippen molar-refractivity contribution < 1.29 is 14.3 Å². The van der Waals surface area contributed by atoms with Gasteiger partial charge in [-0.25, -0.2) is 0 Å². The number of benzene rings is 2. The van der Waals surface area contributed by atoms with Crippen molar-refractivity contribution in [3.8, 4) is 11.5 Å². The molecular formula is C17H15ClO3Te. The van der Waals surface area contributed by atoms with Gasteiger partial charge >= 0.3 is 145 Å². The number of carbonyl (C=O) groups excluding carboxylic acids is 1. The van der Waals surface area contributed by atoms with Gasteiger partial charge in [-0.3, -0.25) is 0 Å². The minimum absolute atomic E-state index is 0.459. The van der Waals surface area contributed by atoms with E-state index in [0.29, 0.717) is 0 Å². The van der Waals surface area contributed by atoms with Gasteiger partial charge in [0.25, 0.3) is 0 Å². The van der Waals surface area contributed by atoms with E-state index >= 15 is 0 Å². The van der Waals surface area contributed by atoms with E-state index in [4.69, 9.17) is 21.1 Å². The van der Waals surface area contributed by atoms with Crippen LogP contribution in [0.1, 0.15) is 5.56 Å². The number of hydrogen-bond acceptors (Lipinski definition) is 3. The SMILES string of the molecule is COc1cc(OC)cc([Te]/C(=C\C(=O)Cl)c2ccccc2)c1. The summed E-state index contributed by atoms with van der Waals surface area (Å²) in [5.74, 6) is 1.48. The molecular weight excluding hydrogens is 415 g/mol. The molecule has 0 spiro atoms. The summed E-state index contributed by atoms with van der Waals surface area (Å²) in [6, 6.07) is 15.6. The Morgan fingerprint density at radius 3 is 2.14 bits per heavy atom. The van der Waals surface area contributed by atoms with Gasteiger partial charge in [0, 0.05) is 0 Å². The molecule has 0 heterocycles. The van der Waals surface area contributed by atoms with E-state index in [1.54, 1.807) is 14.2 Å². The number of hydrogen-bond donors (Lipinski definition) is 0. The van der Waals surface area contributed by atoms with Crippen LogP contribution < -0.4 is 13.1 Å². The summed E-state index contributed by atoms with van der Waals surface area (Å²) in [6.07, 6.45) is 1.51. The Balaban J connectivity index is 2.38. The third-order valence-corrected chi connectivity index (χ3v) is 5.95. The standard InChI is InChI=1S/C17H15ClO3Te/c1-20-13-8-14(21-2)10-15(9-13)22-16(11-17(18)19)12-6-4-3-5-7-12/h3-11H,1-2H3/b16-11-. The van der Waals surface area contributed by atoms with Gasteiger partial charge in [0.2, 0.25) is 0 Å². The molecule has 0 N–H and O–H groups in total. The first kappa shape index (κ1) is 16.9. The fourth-order valence-corrected chi connectivity index (χ4v) is 5.08. The fraction of sp³-hybridized carbons (Fsp3) is 0.118. The fourth-order valence-electron chi connectivity index (χ4n) is 1.84. The number of methoxy groups -OCH3 is 2. The molecule has 5 heteroatoms. The zero-order valence-electron chi connectivity index (χ0n) is 12.2.